The van der Waals surface area contributed by atoms with Crippen LogP contribution in [0.15, 0.2) is 35.2 Å². The average Bonchev–Trinajstić information content (AvgIpc) is 2.92. The summed E-state index contributed by atoms with van der Waals surface area (Å²) in [6.45, 7) is 7.56. The largest absolute Gasteiger partial charge is 0.444 e. The normalized spacial score (nSPS) is 12.5. The lowest BCUT2D eigenvalue weighted by Crippen LogP contribution is -2.27. The number of carbonyl (C=O) groups excluding carboxylic acids is 1. The minimum absolute atomic E-state index is 0.135. The highest BCUT2D eigenvalue weighted by molar-refractivity contribution is 7.07. The number of aromatic nitrogens is 1. The molecule has 0 aliphatic carbocycles. The molecule has 6 heteroatoms. The maximum atomic E-state index is 11.7. The number of hydrogen-bond acceptors (Lipinski definition) is 5. The number of ether oxygens (including phenoxy) is 1. The van der Waals surface area contributed by atoms with Crippen LogP contribution in [0.5, 0.6) is 0 Å². The summed E-state index contributed by atoms with van der Waals surface area (Å²) >= 11 is 1.58. The van der Waals surface area contributed by atoms with E-state index >= 15 is 0 Å². The summed E-state index contributed by atoms with van der Waals surface area (Å²) in [4.78, 5) is 16.0. The van der Waals surface area contributed by atoms with Crippen molar-refractivity contribution >= 4 is 28.8 Å². The maximum Gasteiger partial charge on any atom is 0.412 e. The first kappa shape index (κ1) is 16.3. The van der Waals surface area contributed by atoms with Gasteiger partial charge in [-0.05, 0) is 52.0 Å². The molecule has 22 heavy (non-hydrogen) atoms. The molecule has 1 atom stereocenters. The predicted octanol–water partition coefficient (Wildman–Crippen LogP) is 4.66. The van der Waals surface area contributed by atoms with Gasteiger partial charge in [0.25, 0.3) is 0 Å². The fraction of sp³-hybridized carbons (Fsp3) is 0.375. The summed E-state index contributed by atoms with van der Waals surface area (Å²) in [6, 6.07) is 7.63. The van der Waals surface area contributed by atoms with Crippen molar-refractivity contribution in [2.24, 2.45) is 0 Å². The van der Waals surface area contributed by atoms with Gasteiger partial charge in [-0.1, -0.05) is 0 Å². The monoisotopic (exact) mass is 319 g/mol. The molecule has 1 heterocycles. The summed E-state index contributed by atoms with van der Waals surface area (Å²) in [5.41, 5.74) is 3.99. The van der Waals surface area contributed by atoms with Gasteiger partial charge in [-0.3, -0.25) is 5.32 Å². The van der Waals surface area contributed by atoms with Crippen molar-refractivity contribution in [1.82, 2.24) is 4.98 Å². The van der Waals surface area contributed by atoms with Gasteiger partial charge in [-0.25, -0.2) is 9.78 Å². The number of amides is 1. The molecule has 2 N–H and O–H groups in total. The number of benzene rings is 1. The van der Waals surface area contributed by atoms with Crippen molar-refractivity contribution in [1.29, 1.82) is 0 Å². The third-order valence-electron chi connectivity index (χ3n) is 2.81. The van der Waals surface area contributed by atoms with Crippen LogP contribution < -0.4 is 10.6 Å². The first-order chi connectivity index (χ1) is 10.3. The molecule has 0 aliphatic rings. The van der Waals surface area contributed by atoms with Gasteiger partial charge in [0.15, 0.2) is 0 Å². The van der Waals surface area contributed by atoms with Gasteiger partial charge in [0.05, 0.1) is 17.2 Å². The van der Waals surface area contributed by atoms with E-state index in [0.29, 0.717) is 5.69 Å². The summed E-state index contributed by atoms with van der Waals surface area (Å²) < 4.78 is 5.21. The highest BCUT2D eigenvalue weighted by atomic mass is 32.1. The SMILES string of the molecule is CC(Nc1ccc(NC(=O)OC(C)(C)C)cc1)c1cscn1. The molecule has 2 rings (SSSR count). The molecule has 1 aromatic heterocycles. The topological polar surface area (TPSA) is 63.2 Å². The van der Waals surface area contributed by atoms with Crippen LogP contribution in [0.3, 0.4) is 0 Å². The van der Waals surface area contributed by atoms with E-state index in [1.807, 2.05) is 55.9 Å². The Morgan fingerprint density at radius 1 is 1.23 bits per heavy atom. The quantitative estimate of drug-likeness (QED) is 0.860. The van der Waals surface area contributed by atoms with Gasteiger partial charge < -0.3 is 10.1 Å². The number of nitrogens with zero attached hydrogens (tertiary/aromatic N) is 1. The molecule has 2 aromatic rings. The van der Waals surface area contributed by atoms with Crippen molar-refractivity contribution < 1.29 is 9.53 Å². The Labute approximate surface area is 134 Å². The molecule has 1 aromatic carbocycles. The molecule has 118 valence electrons. The van der Waals surface area contributed by atoms with Gasteiger partial charge >= 0.3 is 6.09 Å². The minimum Gasteiger partial charge on any atom is -0.444 e. The number of carbonyl (C=O) groups is 1. The lowest BCUT2D eigenvalue weighted by atomic mass is 10.2. The lowest BCUT2D eigenvalue weighted by molar-refractivity contribution is 0.0636. The molecule has 0 spiro atoms. The Morgan fingerprint density at radius 3 is 2.41 bits per heavy atom. The molecule has 0 aliphatic heterocycles. The Bertz CT molecular complexity index is 603. The van der Waals surface area contributed by atoms with Crippen molar-refractivity contribution in [2.75, 3.05) is 10.6 Å². The summed E-state index contributed by atoms with van der Waals surface area (Å²) in [6.07, 6.45) is -0.455. The maximum absolute atomic E-state index is 11.7. The fourth-order valence-corrected chi connectivity index (χ4v) is 2.48. The molecule has 0 bridgehead atoms. The van der Waals surface area contributed by atoms with E-state index < -0.39 is 11.7 Å². The van der Waals surface area contributed by atoms with E-state index in [1.54, 1.807) is 11.3 Å². The second kappa shape index (κ2) is 6.79. The van der Waals surface area contributed by atoms with Crippen LogP contribution in [0.25, 0.3) is 0 Å². The zero-order chi connectivity index (χ0) is 16.2. The van der Waals surface area contributed by atoms with Gasteiger partial charge in [0.1, 0.15) is 5.60 Å². The highest BCUT2D eigenvalue weighted by Gasteiger charge is 2.16. The number of rotatable bonds is 4. The fourth-order valence-electron chi connectivity index (χ4n) is 1.83. The Morgan fingerprint density at radius 2 is 1.86 bits per heavy atom. The number of thiazole rings is 1. The van der Waals surface area contributed by atoms with Crippen LogP contribution >= 0.6 is 11.3 Å². The van der Waals surface area contributed by atoms with Crippen LogP contribution in [0.2, 0.25) is 0 Å². The first-order valence-corrected chi connectivity index (χ1v) is 8.02. The first-order valence-electron chi connectivity index (χ1n) is 7.08. The van der Waals surface area contributed by atoms with E-state index in [0.717, 1.165) is 11.4 Å². The summed E-state index contributed by atoms with van der Waals surface area (Å²) in [5.74, 6) is 0. The number of anilines is 2. The summed E-state index contributed by atoms with van der Waals surface area (Å²) in [5, 5.41) is 8.09. The molecule has 0 fully saturated rings. The van der Waals surface area contributed by atoms with E-state index in [2.05, 4.69) is 22.5 Å². The zero-order valence-electron chi connectivity index (χ0n) is 13.2. The molecular formula is C16H21N3O2S. The third-order valence-corrected chi connectivity index (χ3v) is 3.41. The van der Waals surface area contributed by atoms with Crippen LogP contribution in [0, 0.1) is 0 Å². The number of nitrogens with one attached hydrogen (secondary N) is 2. The van der Waals surface area contributed by atoms with E-state index in [1.165, 1.54) is 0 Å². The van der Waals surface area contributed by atoms with Gasteiger partial charge in [0.2, 0.25) is 0 Å². The lowest BCUT2D eigenvalue weighted by Gasteiger charge is -2.19. The average molecular weight is 319 g/mol. The molecule has 0 saturated heterocycles. The molecule has 5 nitrogen and oxygen atoms in total. The van der Waals surface area contributed by atoms with Crippen LogP contribution in [-0.2, 0) is 4.74 Å². The second-order valence-electron chi connectivity index (χ2n) is 5.98. The van der Waals surface area contributed by atoms with Crippen LogP contribution in [0.1, 0.15) is 39.4 Å². The Balaban J connectivity index is 1.91. The Hall–Kier alpha value is -2.08. The van der Waals surface area contributed by atoms with Gasteiger partial charge in [-0.15, -0.1) is 11.3 Å². The van der Waals surface area contributed by atoms with E-state index in [-0.39, 0.29) is 6.04 Å². The zero-order valence-corrected chi connectivity index (χ0v) is 14.0. The van der Waals surface area contributed by atoms with Gasteiger partial charge in [-0.2, -0.15) is 0 Å². The molecule has 1 amide bonds. The molecular weight excluding hydrogens is 298 g/mol. The van der Waals surface area contributed by atoms with Gasteiger partial charge in [0, 0.05) is 16.8 Å². The Kier molecular flexibility index (Phi) is 5.03. The van der Waals surface area contributed by atoms with E-state index in [4.69, 9.17) is 4.74 Å². The van der Waals surface area contributed by atoms with Crippen molar-refractivity contribution in [2.45, 2.75) is 39.3 Å². The third kappa shape index (κ3) is 5.04. The highest BCUT2D eigenvalue weighted by Crippen LogP contribution is 2.21. The smallest absolute Gasteiger partial charge is 0.412 e. The summed E-state index contributed by atoms with van der Waals surface area (Å²) in [7, 11) is 0. The molecule has 0 radical (unpaired) electrons. The van der Waals surface area contributed by atoms with E-state index in [9.17, 15) is 4.79 Å². The van der Waals surface area contributed by atoms with Crippen LogP contribution in [-0.4, -0.2) is 16.7 Å². The number of hydrogen-bond donors (Lipinski definition) is 2. The van der Waals surface area contributed by atoms with Crippen LogP contribution in [0.4, 0.5) is 16.2 Å². The predicted molar refractivity (Wildman–Crippen MR) is 90.5 cm³/mol. The standard InChI is InChI=1S/C16H21N3O2S/c1-11(14-9-22-10-17-14)18-12-5-7-13(8-6-12)19-15(20)21-16(2,3)4/h5-11,18H,1-4H3,(H,19,20). The van der Waals surface area contributed by atoms with Crippen molar-refractivity contribution in [3.63, 3.8) is 0 Å². The van der Waals surface area contributed by atoms with Crippen molar-refractivity contribution in [3.05, 3.63) is 40.8 Å². The molecule has 0 saturated carbocycles. The van der Waals surface area contributed by atoms with Crippen molar-refractivity contribution in [3.8, 4) is 0 Å². The second-order valence-corrected chi connectivity index (χ2v) is 6.70. The molecule has 1 unspecified atom stereocenters. The minimum atomic E-state index is -0.505.